The van der Waals surface area contributed by atoms with Gasteiger partial charge in [0.05, 0.1) is 22.8 Å². The first-order chi connectivity index (χ1) is 11.8. The van der Waals surface area contributed by atoms with E-state index in [0.29, 0.717) is 0 Å². The predicted octanol–water partition coefficient (Wildman–Crippen LogP) is 5.70. The van der Waals surface area contributed by atoms with Gasteiger partial charge in [-0.2, -0.15) is 0 Å². The molecule has 0 amide bonds. The molecule has 0 spiro atoms. The maximum atomic E-state index is 4.77. The lowest BCUT2D eigenvalue weighted by Gasteiger charge is -2.08. The Morgan fingerprint density at radius 1 is 0.750 bits per heavy atom. The van der Waals surface area contributed by atoms with Gasteiger partial charge in [-0.1, -0.05) is 12.1 Å². The van der Waals surface area contributed by atoms with Crippen LogP contribution in [0.3, 0.4) is 0 Å². The van der Waals surface area contributed by atoms with Crippen LogP contribution in [0.4, 0.5) is 0 Å². The Morgan fingerprint density at radius 3 is 1.83 bits per heavy atom. The van der Waals surface area contributed by atoms with Crippen LogP contribution in [0.5, 0.6) is 0 Å². The van der Waals surface area contributed by atoms with Crippen LogP contribution < -0.4 is 0 Å². The monoisotopic (exact) mass is 393 g/mol. The molecule has 3 nitrogen and oxygen atoms in total. The molecule has 0 bridgehead atoms. The smallest absolute Gasteiger partial charge is 0.0900 e. The van der Waals surface area contributed by atoms with Crippen molar-refractivity contribution in [1.82, 2.24) is 15.0 Å². The van der Waals surface area contributed by atoms with E-state index in [0.717, 1.165) is 32.8 Å². The first kappa shape index (κ1) is 15.2. The van der Waals surface area contributed by atoms with Crippen molar-refractivity contribution < 1.29 is 0 Å². The van der Waals surface area contributed by atoms with Crippen molar-refractivity contribution in [2.75, 3.05) is 0 Å². The molecule has 4 heterocycles. The van der Waals surface area contributed by atoms with Gasteiger partial charge in [-0.15, -0.1) is 11.3 Å². The minimum absolute atomic E-state index is 0.846. The molecule has 0 saturated heterocycles. The number of hydrogen-bond acceptors (Lipinski definition) is 4. The standard InChI is InChI=1S/C19H12BrN3S/c20-14-11-19(24-12-14)13-9-17(15-5-1-3-7-21-15)23-18(10-13)16-6-2-4-8-22-16/h1-12H. The summed E-state index contributed by atoms with van der Waals surface area (Å²) in [6, 6.07) is 18.0. The minimum Gasteiger partial charge on any atom is -0.255 e. The summed E-state index contributed by atoms with van der Waals surface area (Å²) in [5.41, 5.74) is 4.51. The second-order valence-electron chi connectivity index (χ2n) is 5.19. The highest BCUT2D eigenvalue weighted by Crippen LogP contribution is 2.33. The van der Waals surface area contributed by atoms with Gasteiger partial charge in [0.15, 0.2) is 0 Å². The van der Waals surface area contributed by atoms with Crippen molar-refractivity contribution >= 4 is 27.3 Å². The molecule has 0 aromatic carbocycles. The molecule has 0 atom stereocenters. The van der Waals surface area contributed by atoms with E-state index < -0.39 is 0 Å². The number of pyridine rings is 3. The molecule has 0 aliphatic heterocycles. The maximum absolute atomic E-state index is 4.77. The summed E-state index contributed by atoms with van der Waals surface area (Å²) in [6.07, 6.45) is 3.57. The average molecular weight is 394 g/mol. The van der Waals surface area contributed by atoms with Crippen LogP contribution in [0.15, 0.2) is 76.8 Å². The molecule has 0 aliphatic carbocycles. The first-order valence-corrected chi connectivity index (χ1v) is 9.06. The Labute approximate surface area is 152 Å². The third-order valence-electron chi connectivity index (χ3n) is 3.53. The molecular weight excluding hydrogens is 382 g/mol. The Kier molecular flexibility index (Phi) is 4.19. The molecule has 0 unspecified atom stereocenters. The third-order valence-corrected chi connectivity index (χ3v) is 5.27. The lowest BCUT2D eigenvalue weighted by Crippen LogP contribution is -1.93. The fourth-order valence-electron chi connectivity index (χ4n) is 2.43. The summed E-state index contributed by atoms with van der Waals surface area (Å²) in [5.74, 6) is 0. The summed E-state index contributed by atoms with van der Waals surface area (Å²) < 4.78 is 1.08. The highest BCUT2D eigenvalue weighted by atomic mass is 79.9. The first-order valence-electron chi connectivity index (χ1n) is 7.39. The molecule has 0 saturated carbocycles. The molecule has 4 aromatic heterocycles. The van der Waals surface area contributed by atoms with Gasteiger partial charge in [0.1, 0.15) is 0 Å². The van der Waals surface area contributed by atoms with E-state index >= 15 is 0 Å². The molecular formula is C19H12BrN3S. The van der Waals surface area contributed by atoms with Gasteiger partial charge >= 0.3 is 0 Å². The number of nitrogens with zero attached hydrogens (tertiary/aromatic N) is 3. The quantitative estimate of drug-likeness (QED) is 0.448. The third kappa shape index (κ3) is 3.13. The van der Waals surface area contributed by atoms with Crippen LogP contribution in [0.25, 0.3) is 33.2 Å². The molecule has 0 fully saturated rings. The predicted molar refractivity (Wildman–Crippen MR) is 102 cm³/mol. The highest BCUT2D eigenvalue weighted by molar-refractivity contribution is 9.10. The van der Waals surface area contributed by atoms with E-state index in [1.165, 1.54) is 4.88 Å². The zero-order valence-corrected chi connectivity index (χ0v) is 15.0. The van der Waals surface area contributed by atoms with Gasteiger partial charge in [-0.3, -0.25) is 9.97 Å². The van der Waals surface area contributed by atoms with Gasteiger partial charge in [-0.25, -0.2) is 4.98 Å². The van der Waals surface area contributed by atoms with Crippen LogP contribution >= 0.6 is 27.3 Å². The minimum atomic E-state index is 0.846. The topological polar surface area (TPSA) is 38.7 Å². The fourth-order valence-corrected chi connectivity index (χ4v) is 3.85. The average Bonchev–Trinajstić information content (AvgIpc) is 3.09. The molecule has 24 heavy (non-hydrogen) atoms. The van der Waals surface area contributed by atoms with Crippen molar-refractivity contribution in [1.29, 1.82) is 0 Å². The fraction of sp³-hybridized carbons (Fsp3) is 0. The van der Waals surface area contributed by atoms with Gasteiger partial charge < -0.3 is 0 Å². The summed E-state index contributed by atoms with van der Waals surface area (Å²) in [5, 5.41) is 2.08. The van der Waals surface area contributed by atoms with Crippen molar-refractivity contribution in [3.05, 3.63) is 76.8 Å². The lowest BCUT2D eigenvalue weighted by atomic mass is 10.1. The van der Waals surface area contributed by atoms with E-state index in [9.17, 15) is 0 Å². The maximum Gasteiger partial charge on any atom is 0.0900 e. The van der Waals surface area contributed by atoms with Crippen molar-refractivity contribution in [3.63, 3.8) is 0 Å². The largest absolute Gasteiger partial charge is 0.255 e. The van der Waals surface area contributed by atoms with Gasteiger partial charge in [0.2, 0.25) is 0 Å². The van der Waals surface area contributed by atoms with E-state index in [4.69, 9.17) is 4.98 Å². The normalized spacial score (nSPS) is 10.7. The lowest BCUT2D eigenvalue weighted by molar-refractivity contribution is 1.22. The Bertz CT molecular complexity index is 911. The van der Waals surface area contributed by atoms with Gasteiger partial charge in [0, 0.05) is 27.1 Å². The molecule has 4 rings (SSSR count). The summed E-state index contributed by atoms with van der Waals surface area (Å²) >= 11 is 5.22. The number of rotatable bonds is 3. The van der Waals surface area contributed by atoms with Crippen LogP contribution in [0.1, 0.15) is 0 Å². The summed E-state index contributed by atoms with van der Waals surface area (Å²) in [7, 11) is 0. The number of thiophene rings is 1. The number of hydrogen-bond donors (Lipinski definition) is 0. The second-order valence-corrected chi connectivity index (χ2v) is 7.01. The Balaban J connectivity index is 1.91. The van der Waals surface area contributed by atoms with E-state index in [-0.39, 0.29) is 0 Å². The summed E-state index contributed by atoms with van der Waals surface area (Å²) in [4.78, 5) is 14.8. The summed E-state index contributed by atoms with van der Waals surface area (Å²) in [6.45, 7) is 0. The second kappa shape index (κ2) is 6.63. The highest BCUT2D eigenvalue weighted by Gasteiger charge is 2.11. The van der Waals surface area contributed by atoms with Crippen LogP contribution in [0.2, 0.25) is 0 Å². The molecule has 116 valence electrons. The zero-order chi connectivity index (χ0) is 16.4. The van der Waals surface area contributed by atoms with Gasteiger partial charge in [-0.05, 0) is 64.0 Å². The van der Waals surface area contributed by atoms with Crippen LogP contribution in [-0.4, -0.2) is 15.0 Å². The Morgan fingerprint density at radius 2 is 1.38 bits per heavy atom. The number of aromatic nitrogens is 3. The van der Waals surface area contributed by atoms with E-state index in [1.807, 2.05) is 36.4 Å². The molecule has 4 aromatic rings. The van der Waals surface area contributed by atoms with E-state index in [1.54, 1.807) is 23.7 Å². The van der Waals surface area contributed by atoms with Crippen LogP contribution in [-0.2, 0) is 0 Å². The molecule has 0 radical (unpaired) electrons. The van der Waals surface area contributed by atoms with E-state index in [2.05, 4.69) is 49.5 Å². The Hall–Kier alpha value is -2.37. The molecule has 5 heteroatoms. The van der Waals surface area contributed by atoms with Crippen molar-refractivity contribution in [3.8, 4) is 33.2 Å². The molecule has 0 N–H and O–H groups in total. The van der Waals surface area contributed by atoms with Gasteiger partial charge in [0.25, 0.3) is 0 Å². The van der Waals surface area contributed by atoms with Crippen molar-refractivity contribution in [2.24, 2.45) is 0 Å². The number of halogens is 1. The molecule has 0 aliphatic rings. The van der Waals surface area contributed by atoms with Crippen LogP contribution in [0, 0.1) is 0 Å². The van der Waals surface area contributed by atoms with Crippen molar-refractivity contribution in [2.45, 2.75) is 0 Å². The SMILES string of the molecule is Brc1csc(-c2cc(-c3ccccn3)nc(-c3ccccn3)c2)c1. The zero-order valence-electron chi connectivity index (χ0n) is 12.6.